The minimum absolute atomic E-state index is 0.0386. The van der Waals surface area contributed by atoms with E-state index in [4.69, 9.17) is 22.6 Å². The molecule has 0 bridgehead atoms. The Bertz CT molecular complexity index is 1090. The number of aromatic hydroxyl groups is 1. The van der Waals surface area contributed by atoms with Crippen molar-refractivity contribution in [3.63, 3.8) is 0 Å². The van der Waals surface area contributed by atoms with E-state index in [-0.39, 0.29) is 22.0 Å². The molecule has 2 aromatic heterocycles. The summed E-state index contributed by atoms with van der Waals surface area (Å²) in [6, 6.07) is 4.86. The summed E-state index contributed by atoms with van der Waals surface area (Å²) in [7, 11) is 0. The van der Waals surface area contributed by atoms with Gasteiger partial charge < -0.3 is 10.8 Å². The Kier molecular flexibility index (Phi) is 4.31. The fourth-order valence-electron chi connectivity index (χ4n) is 2.15. The lowest BCUT2D eigenvalue weighted by Gasteiger charge is -2.04. The van der Waals surface area contributed by atoms with Crippen LogP contribution in [0.25, 0.3) is 10.9 Å². The summed E-state index contributed by atoms with van der Waals surface area (Å²) in [5.41, 5.74) is 6.56. The van der Waals surface area contributed by atoms with Gasteiger partial charge in [0.1, 0.15) is 28.1 Å². The van der Waals surface area contributed by atoms with E-state index in [0.717, 1.165) is 11.5 Å². The molecule has 25 heavy (non-hydrogen) atoms. The molecule has 124 valence electrons. The van der Waals surface area contributed by atoms with E-state index in [1.807, 2.05) is 6.07 Å². The zero-order valence-corrected chi connectivity index (χ0v) is 14.3. The zero-order chi connectivity index (χ0) is 18.1. The SMILES string of the molecule is Cc1cc(N=Nc2snc3c(C#N)c(Cl)ncc23)cc(C(N)=O)c1O. The van der Waals surface area contributed by atoms with Crippen LogP contribution in [0.5, 0.6) is 5.75 Å². The van der Waals surface area contributed by atoms with Crippen molar-refractivity contribution < 1.29 is 9.90 Å². The summed E-state index contributed by atoms with van der Waals surface area (Å²) in [6.45, 7) is 1.62. The van der Waals surface area contributed by atoms with Crippen LogP contribution in [-0.4, -0.2) is 20.4 Å². The Labute approximate surface area is 150 Å². The number of nitrogens with two attached hydrogens (primary N) is 1. The molecule has 0 unspecified atom stereocenters. The van der Waals surface area contributed by atoms with Gasteiger partial charge in [-0.05, 0) is 36.2 Å². The molecule has 0 saturated heterocycles. The van der Waals surface area contributed by atoms with Crippen molar-refractivity contribution >= 4 is 50.6 Å². The Balaban J connectivity index is 2.05. The van der Waals surface area contributed by atoms with Crippen LogP contribution in [-0.2, 0) is 0 Å². The second-order valence-corrected chi connectivity index (χ2v) is 6.12. The molecule has 1 amide bonds. The number of aryl methyl sites for hydroxylation is 1. The highest BCUT2D eigenvalue weighted by molar-refractivity contribution is 7.11. The number of halogens is 1. The number of pyridine rings is 1. The van der Waals surface area contributed by atoms with E-state index in [9.17, 15) is 9.90 Å². The first kappa shape index (κ1) is 16.8. The number of hydrogen-bond donors (Lipinski definition) is 2. The van der Waals surface area contributed by atoms with Crippen LogP contribution in [0, 0.1) is 18.3 Å². The molecule has 0 spiro atoms. The maximum absolute atomic E-state index is 11.4. The Morgan fingerprint density at radius 1 is 1.44 bits per heavy atom. The lowest BCUT2D eigenvalue weighted by molar-refractivity contribution is 0.0997. The number of rotatable bonds is 3. The number of fused-ring (bicyclic) bond motifs is 1. The topological polar surface area (TPSA) is 138 Å². The number of aromatic nitrogens is 2. The lowest BCUT2D eigenvalue weighted by atomic mass is 10.1. The molecular formula is C15H9ClN6O2S. The molecule has 3 rings (SSSR count). The number of primary amides is 1. The number of benzene rings is 1. The van der Waals surface area contributed by atoms with E-state index < -0.39 is 5.91 Å². The molecule has 8 nitrogen and oxygen atoms in total. The van der Waals surface area contributed by atoms with E-state index in [2.05, 4.69) is 19.6 Å². The van der Waals surface area contributed by atoms with Gasteiger partial charge in [-0.2, -0.15) is 9.64 Å². The molecule has 0 atom stereocenters. The summed E-state index contributed by atoms with van der Waals surface area (Å²) in [6.07, 6.45) is 1.47. The van der Waals surface area contributed by atoms with Gasteiger partial charge in [0, 0.05) is 6.20 Å². The van der Waals surface area contributed by atoms with Gasteiger partial charge in [-0.15, -0.1) is 10.2 Å². The van der Waals surface area contributed by atoms with Crippen molar-refractivity contribution in [1.82, 2.24) is 9.36 Å². The Morgan fingerprint density at radius 3 is 2.88 bits per heavy atom. The molecule has 0 radical (unpaired) electrons. The van der Waals surface area contributed by atoms with Crippen LogP contribution in [0.2, 0.25) is 5.15 Å². The summed E-state index contributed by atoms with van der Waals surface area (Å²) < 4.78 is 4.17. The number of phenols is 1. The largest absolute Gasteiger partial charge is 0.507 e. The first-order valence-electron chi connectivity index (χ1n) is 6.81. The molecule has 10 heteroatoms. The molecule has 0 aliphatic heterocycles. The minimum atomic E-state index is -0.765. The molecule has 2 heterocycles. The molecule has 0 saturated carbocycles. The number of amides is 1. The van der Waals surface area contributed by atoms with Crippen LogP contribution >= 0.6 is 23.1 Å². The molecule has 3 N–H and O–H groups in total. The van der Waals surface area contributed by atoms with Crippen LogP contribution in [0.4, 0.5) is 10.7 Å². The average molecular weight is 373 g/mol. The predicted molar refractivity (Wildman–Crippen MR) is 92.7 cm³/mol. The molecule has 1 aromatic carbocycles. The second kappa shape index (κ2) is 6.43. The Hall–Kier alpha value is -3.09. The van der Waals surface area contributed by atoms with Gasteiger partial charge in [0.15, 0.2) is 5.00 Å². The lowest BCUT2D eigenvalue weighted by Crippen LogP contribution is -2.11. The first-order valence-corrected chi connectivity index (χ1v) is 7.96. The standard InChI is InChI=1S/C15H9ClN6O2S/c1-6-2-7(3-8(12(6)23)14(18)24)20-21-15-10-5-19-13(16)9(4-17)11(10)22-25-15/h2-3,5,23H,1H3,(H2,18,24). The first-order chi connectivity index (χ1) is 11.9. The predicted octanol–water partition coefficient (Wildman–Crippen LogP) is 3.74. The Morgan fingerprint density at radius 2 is 2.20 bits per heavy atom. The van der Waals surface area contributed by atoms with Gasteiger partial charge in [0.2, 0.25) is 0 Å². The van der Waals surface area contributed by atoms with Crippen molar-refractivity contribution in [3.05, 3.63) is 40.2 Å². The van der Waals surface area contributed by atoms with Gasteiger partial charge in [-0.1, -0.05) is 11.6 Å². The van der Waals surface area contributed by atoms with Crippen LogP contribution < -0.4 is 5.73 Å². The van der Waals surface area contributed by atoms with E-state index >= 15 is 0 Å². The molecular weight excluding hydrogens is 364 g/mol. The van der Waals surface area contributed by atoms with Crippen molar-refractivity contribution in [1.29, 1.82) is 5.26 Å². The van der Waals surface area contributed by atoms with Gasteiger partial charge in [-0.25, -0.2) is 4.98 Å². The summed E-state index contributed by atoms with van der Waals surface area (Å²) in [4.78, 5) is 15.3. The van der Waals surface area contributed by atoms with Crippen LogP contribution in [0.15, 0.2) is 28.6 Å². The van der Waals surface area contributed by atoms with Crippen LogP contribution in [0.1, 0.15) is 21.5 Å². The molecule has 0 aliphatic rings. The normalized spacial score (nSPS) is 11.1. The fourth-order valence-corrected chi connectivity index (χ4v) is 3.02. The number of azo groups is 1. The number of nitrogens with zero attached hydrogens (tertiary/aromatic N) is 5. The number of nitriles is 1. The monoisotopic (exact) mass is 372 g/mol. The highest BCUT2D eigenvalue weighted by Crippen LogP contribution is 2.35. The van der Waals surface area contributed by atoms with Crippen molar-refractivity contribution in [2.24, 2.45) is 16.0 Å². The number of carbonyl (C=O) groups is 1. The minimum Gasteiger partial charge on any atom is -0.507 e. The third-order valence-corrected chi connectivity index (χ3v) is 4.41. The maximum atomic E-state index is 11.4. The third kappa shape index (κ3) is 3.00. The van der Waals surface area contributed by atoms with Crippen molar-refractivity contribution in [2.75, 3.05) is 0 Å². The van der Waals surface area contributed by atoms with Gasteiger partial charge >= 0.3 is 0 Å². The second-order valence-electron chi connectivity index (χ2n) is 5.01. The number of hydrogen-bond acceptors (Lipinski definition) is 8. The van der Waals surface area contributed by atoms with E-state index in [1.54, 1.807) is 13.0 Å². The van der Waals surface area contributed by atoms with Crippen LogP contribution in [0.3, 0.4) is 0 Å². The molecule has 0 fully saturated rings. The number of carbonyl (C=O) groups excluding carboxylic acids is 1. The van der Waals surface area contributed by atoms with Gasteiger partial charge in [0.25, 0.3) is 5.91 Å². The highest BCUT2D eigenvalue weighted by atomic mass is 35.5. The fraction of sp³-hybridized carbons (Fsp3) is 0.0667. The quantitative estimate of drug-likeness (QED) is 0.532. The third-order valence-electron chi connectivity index (χ3n) is 3.38. The summed E-state index contributed by atoms with van der Waals surface area (Å²) in [5.74, 6) is -0.953. The summed E-state index contributed by atoms with van der Waals surface area (Å²) >= 11 is 6.91. The van der Waals surface area contributed by atoms with E-state index in [0.29, 0.717) is 27.2 Å². The van der Waals surface area contributed by atoms with Gasteiger partial charge in [0.05, 0.1) is 16.6 Å². The van der Waals surface area contributed by atoms with Crippen molar-refractivity contribution in [3.8, 4) is 11.8 Å². The summed E-state index contributed by atoms with van der Waals surface area (Å²) in [5, 5.41) is 28.2. The van der Waals surface area contributed by atoms with Crippen molar-refractivity contribution in [2.45, 2.75) is 6.92 Å². The highest BCUT2D eigenvalue weighted by Gasteiger charge is 2.15. The van der Waals surface area contributed by atoms with Gasteiger partial charge in [-0.3, -0.25) is 4.79 Å². The average Bonchev–Trinajstić information content (AvgIpc) is 2.98. The van der Waals surface area contributed by atoms with E-state index in [1.165, 1.54) is 12.3 Å². The zero-order valence-electron chi connectivity index (χ0n) is 12.7. The maximum Gasteiger partial charge on any atom is 0.252 e. The smallest absolute Gasteiger partial charge is 0.252 e. The molecule has 0 aliphatic carbocycles. The molecule has 3 aromatic rings.